The summed E-state index contributed by atoms with van der Waals surface area (Å²) in [6.45, 7) is 3.39. The molecule has 0 atom stereocenters. The monoisotopic (exact) mass is 301 g/mol. The average molecular weight is 301 g/mol. The van der Waals surface area contributed by atoms with Crippen molar-refractivity contribution in [2.75, 3.05) is 11.9 Å². The first-order valence-electron chi connectivity index (χ1n) is 6.48. The molecule has 0 radical (unpaired) electrons. The fourth-order valence-corrected chi connectivity index (χ4v) is 1.87. The Labute approximate surface area is 126 Å². The van der Waals surface area contributed by atoms with E-state index in [1.54, 1.807) is 30.5 Å². The second kappa shape index (κ2) is 7.07. The summed E-state index contributed by atoms with van der Waals surface area (Å²) in [6.07, 6.45) is 3.99. The number of imidazole rings is 1. The Morgan fingerprint density at radius 2 is 2.27 bits per heavy atom. The Morgan fingerprint density at radius 1 is 1.45 bits per heavy atom. The van der Waals surface area contributed by atoms with E-state index < -0.39 is 12.1 Å². The quantitative estimate of drug-likeness (QED) is 0.799. The number of anilines is 1. The number of aromatic nitrogens is 2. The molecule has 1 heterocycles. The van der Waals surface area contributed by atoms with Crippen LogP contribution in [0.2, 0.25) is 0 Å². The van der Waals surface area contributed by atoms with Gasteiger partial charge in [0.1, 0.15) is 19.0 Å². The lowest BCUT2D eigenvalue weighted by Crippen LogP contribution is -2.13. The molecular formula is C15H15N3O4. The van der Waals surface area contributed by atoms with Crippen LogP contribution in [-0.2, 0) is 16.1 Å². The van der Waals surface area contributed by atoms with E-state index in [1.807, 2.05) is 0 Å². The van der Waals surface area contributed by atoms with Crippen molar-refractivity contribution in [1.82, 2.24) is 9.55 Å². The van der Waals surface area contributed by atoms with Crippen molar-refractivity contribution < 1.29 is 19.4 Å². The molecule has 0 unspecified atom stereocenters. The lowest BCUT2D eigenvalue weighted by atomic mass is 10.2. The van der Waals surface area contributed by atoms with Gasteiger partial charge < -0.3 is 14.4 Å². The maximum Gasteiger partial charge on any atom is 0.411 e. The molecule has 0 aliphatic carbocycles. The van der Waals surface area contributed by atoms with Gasteiger partial charge in [0.2, 0.25) is 0 Å². The number of carboxylic acid groups (broad SMARTS) is 1. The number of benzene rings is 1. The highest BCUT2D eigenvalue weighted by molar-refractivity contribution is 5.85. The number of hydrogen-bond donors (Lipinski definition) is 2. The minimum atomic E-state index is -0.957. The lowest BCUT2D eigenvalue weighted by molar-refractivity contribution is -0.137. The van der Waals surface area contributed by atoms with Crippen LogP contribution in [-0.4, -0.2) is 33.3 Å². The number of ether oxygens (including phenoxy) is 1. The molecule has 114 valence electrons. The molecule has 1 aromatic heterocycles. The molecule has 22 heavy (non-hydrogen) atoms. The van der Waals surface area contributed by atoms with E-state index >= 15 is 0 Å². The first kappa shape index (κ1) is 15.3. The fraction of sp³-hybridized carbons (Fsp3) is 0.133. The number of nitrogens with one attached hydrogen (secondary N) is 1. The Kier molecular flexibility index (Phi) is 4.92. The summed E-state index contributed by atoms with van der Waals surface area (Å²) in [5.41, 5.74) is 1.21. The van der Waals surface area contributed by atoms with Gasteiger partial charge in [0, 0.05) is 23.6 Å². The van der Waals surface area contributed by atoms with Crippen LogP contribution in [0, 0.1) is 0 Å². The van der Waals surface area contributed by atoms with Crippen LogP contribution in [0.25, 0.3) is 11.4 Å². The molecule has 0 saturated carbocycles. The van der Waals surface area contributed by atoms with Gasteiger partial charge in [-0.25, -0.2) is 9.78 Å². The third-order valence-corrected chi connectivity index (χ3v) is 2.72. The summed E-state index contributed by atoms with van der Waals surface area (Å²) in [6, 6.07) is 6.90. The minimum absolute atomic E-state index is 0.120. The van der Waals surface area contributed by atoms with E-state index in [4.69, 9.17) is 9.84 Å². The van der Waals surface area contributed by atoms with E-state index in [1.165, 1.54) is 16.8 Å². The average Bonchev–Trinajstić information content (AvgIpc) is 2.92. The third kappa shape index (κ3) is 3.95. The van der Waals surface area contributed by atoms with Gasteiger partial charge in [-0.05, 0) is 12.1 Å². The molecule has 2 N–H and O–H groups in total. The van der Waals surface area contributed by atoms with E-state index in [9.17, 15) is 9.59 Å². The van der Waals surface area contributed by atoms with Gasteiger partial charge in [0.05, 0.1) is 0 Å². The van der Waals surface area contributed by atoms with Crippen LogP contribution in [0.1, 0.15) is 0 Å². The van der Waals surface area contributed by atoms with Gasteiger partial charge in [-0.2, -0.15) is 0 Å². The highest BCUT2D eigenvalue weighted by atomic mass is 16.5. The molecule has 0 spiro atoms. The summed E-state index contributed by atoms with van der Waals surface area (Å²) in [5.74, 6) is -0.452. The smallest absolute Gasteiger partial charge is 0.411 e. The van der Waals surface area contributed by atoms with Gasteiger partial charge in [-0.1, -0.05) is 24.8 Å². The summed E-state index contributed by atoms with van der Waals surface area (Å²) < 4.78 is 6.35. The summed E-state index contributed by atoms with van der Waals surface area (Å²) >= 11 is 0. The molecule has 2 aromatic rings. The van der Waals surface area contributed by atoms with Crippen LogP contribution < -0.4 is 5.32 Å². The number of nitrogens with zero attached hydrogens (tertiary/aromatic N) is 2. The van der Waals surface area contributed by atoms with Crippen LogP contribution in [0.5, 0.6) is 0 Å². The third-order valence-electron chi connectivity index (χ3n) is 2.72. The number of amides is 1. The first-order chi connectivity index (χ1) is 10.6. The van der Waals surface area contributed by atoms with Crippen LogP contribution in [0.3, 0.4) is 0 Å². The SMILES string of the molecule is C=CCOC(=O)Nc1cccc(-c2nccn2CC(=O)O)c1. The fourth-order valence-electron chi connectivity index (χ4n) is 1.87. The van der Waals surface area contributed by atoms with Crippen LogP contribution in [0.4, 0.5) is 10.5 Å². The van der Waals surface area contributed by atoms with Crippen molar-refractivity contribution in [2.24, 2.45) is 0 Å². The van der Waals surface area contributed by atoms with Crippen molar-refractivity contribution in [3.05, 3.63) is 49.3 Å². The normalized spacial score (nSPS) is 10.0. The van der Waals surface area contributed by atoms with Gasteiger partial charge in [0.25, 0.3) is 0 Å². The Hall–Kier alpha value is -3.09. The zero-order valence-corrected chi connectivity index (χ0v) is 11.7. The highest BCUT2D eigenvalue weighted by Gasteiger charge is 2.10. The molecule has 1 aromatic carbocycles. The first-order valence-corrected chi connectivity index (χ1v) is 6.48. The van der Waals surface area contributed by atoms with Gasteiger partial charge in [-0.3, -0.25) is 10.1 Å². The molecule has 2 rings (SSSR count). The molecule has 0 bridgehead atoms. The molecule has 0 aliphatic rings. The van der Waals surface area contributed by atoms with Gasteiger partial charge in [0.15, 0.2) is 0 Å². The number of carbonyl (C=O) groups is 2. The van der Waals surface area contributed by atoms with Crippen LogP contribution in [0.15, 0.2) is 49.3 Å². The van der Waals surface area contributed by atoms with Crippen molar-refractivity contribution in [2.45, 2.75) is 6.54 Å². The van der Waals surface area contributed by atoms with Crippen LogP contribution >= 0.6 is 0 Å². The van der Waals surface area contributed by atoms with Crippen molar-refractivity contribution in [1.29, 1.82) is 0 Å². The number of carboxylic acids is 1. The number of carbonyl (C=O) groups excluding carboxylic acids is 1. The van der Waals surface area contributed by atoms with Gasteiger partial charge in [-0.15, -0.1) is 0 Å². The maximum absolute atomic E-state index is 11.5. The topological polar surface area (TPSA) is 93.5 Å². The van der Waals surface area contributed by atoms with E-state index in [-0.39, 0.29) is 13.2 Å². The molecular weight excluding hydrogens is 286 g/mol. The molecule has 1 amide bonds. The zero-order chi connectivity index (χ0) is 15.9. The van der Waals surface area contributed by atoms with E-state index in [2.05, 4.69) is 16.9 Å². The lowest BCUT2D eigenvalue weighted by Gasteiger charge is -2.08. The second-order valence-electron chi connectivity index (χ2n) is 4.37. The maximum atomic E-state index is 11.5. The molecule has 0 saturated heterocycles. The predicted molar refractivity (Wildman–Crippen MR) is 80.5 cm³/mol. The van der Waals surface area contributed by atoms with Crippen molar-refractivity contribution in [3.63, 3.8) is 0 Å². The summed E-state index contributed by atoms with van der Waals surface area (Å²) in [7, 11) is 0. The van der Waals surface area contributed by atoms with E-state index in [0.717, 1.165) is 0 Å². The predicted octanol–water partition coefficient (Wildman–Crippen LogP) is 2.37. The standard InChI is InChI=1S/C15H15N3O4/c1-2-8-22-15(21)17-12-5-3-4-11(9-12)14-16-6-7-18(14)10-13(19)20/h2-7,9H,1,8,10H2,(H,17,21)(H,19,20). The van der Waals surface area contributed by atoms with Crippen molar-refractivity contribution >= 4 is 17.7 Å². The summed E-state index contributed by atoms with van der Waals surface area (Å²) in [4.78, 5) is 26.5. The number of rotatable bonds is 6. The Balaban J connectivity index is 2.18. The van der Waals surface area contributed by atoms with E-state index in [0.29, 0.717) is 17.1 Å². The highest BCUT2D eigenvalue weighted by Crippen LogP contribution is 2.21. The second-order valence-corrected chi connectivity index (χ2v) is 4.37. The Morgan fingerprint density at radius 3 is 3.00 bits per heavy atom. The molecule has 0 aliphatic heterocycles. The van der Waals surface area contributed by atoms with Gasteiger partial charge >= 0.3 is 12.1 Å². The summed E-state index contributed by atoms with van der Waals surface area (Å²) in [5, 5.41) is 11.5. The minimum Gasteiger partial charge on any atom is -0.480 e. The molecule has 7 nitrogen and oxygen atoms in total. The van der Waals surface area contributed by atoms with Crippen molar-refractivity contribution in [3.8, 4) is 11.4 Å². The molecule has 7 heteroatoms. The number of hydrogen-bond acceptors (Lipinski definition) is 4. The number of aliphatic carboxylic acids is 1. The molecule has 0 fully saturated rings. The largest absolute Gasteiger partial charge is 0.480 e. The Bertz CT molecular complexity index is 694. The zero-order valence-electron chi connectivity index (χ0n) is 11.7.